The number of nitrogens with zero attached hydrogens (tertiary/aromatic N) is 4. The number of aromatic nitrogens is 4. The number of hydrogen-bond donors (Lipinski definition) is 3. The maximum absolute atomic E-state index is 8.36. The number of likely N-dealkylation sites (tertiary alicyclic amines) is 1. The SMILES string of the molecule is Cc1cc(CN2CCC(C)CC2)c(C)c(-c2nccn2CCCc2ncc[nH]2)c1.O=CO.O=CO. The van der Waals surface area contributed by atoms with Gasteiger partial charge in [0.15, 0.2) is 0 Å². The molecule has 4 rings (SSSR count). The van der Waals surface area contributed by atoms with Crippen LogP contribution >= 0.6 is 0 Å². The fraction of sp³-hybridized carbons (Fsp3) is 0.462. The largest absolute Gasteiger partial charge is 0.483 e. The number of hydrogen-bond acceptors (Lipinski definition) is 5. The fourth-order valence-electron chi connectivity index (χ4n) is 4.38. The van der Waals surface area contributed by atoms with Crippen LogP contribution in [0.15, 0.2) is 36.9 Å². The molecule has 3 heterocycles. The van der Waals surface area contributed by atoms with E-state index in [1.165, 1.54) is 48.2 Å². The fourth-order valence-corrected chi connectivity index (χ4v) is 4.38. The number of aromatic amines is 1. The average molecular weight is 484 g/mol. The van der Waals surface area contributed by atoms with Gasteiger partial charge in [-0.3, -0.25) is 14.5 Å². The smallest absolute Gasteiger partial charge is 0.290 e. The Morgan fingerprint density at radius 2 is 1.77 bits per heavy atom. The number of imidazole rings is 2. The molecule has 3 N–H and O–H groups in total. The van der Waals surface area contributed by atoms with Gasteiger partial charge in [0.2, 0.25) is 0 Å². The number of benzene rings is 1. The van der Waals surface area contributed by atoms with Crippen molar-refractivity contribution in [2.24, 2.45) is 5.92 Å². The van der Waals surface area contributed by atoms with Gasteiger partial charge >= 0.3 is 0 Å². The standard InChI is InChI=1S/C24H33N5.2CH2O2/c1-18-6-12-28(13-7-18)17-21-15-19(2)16-22(20(21)3)24-27-10-14-29(24)11-4-5-23-25-8-9-26-23;2*2-1-3/h8-10,14-16,18H,4-7,11-13,17H2,1-3H3,(H,25,26);2*1H,(H,2,3). The van der Waals surface area contributed by atoms with E-state index < -0.39 is 0 Å². The number of H-pyrrole nitrogens is 1. The molecule has 2 aromatic heterocycles. The van der Waals surface area contributed by atoms with E-state index in [1.807, 2.05) is 18.6 Å². The Bertz CT molecular complexity index is 1020. The van der Waals surface area contributed by atoms with Gasteiger partial charge in [-0.15, -0.1) is 0 Å². The van der Waals surface area contributed by atoms with Crippen molar-refractivity contribution in [3.63, 3.8) is 0 Å². The first-order chi connectivity index (χ1) is 16.9. The zero-order valence-corrected chi connectivity index (χ0v) is 20.9. The van der Waals surface area contributed by atoms with Crippen molar-refractivity contribution in [2.75, 3.05) is 13.1 Å². The maximum atomic E-state index is 8.36. The van der Waals surface area contributed by atoms with Crippen LogP contribution in [-0.2, 0) is 29.1 Å². The summed E-state index contributed by atoms with van der Waals surface area (Å²) in [6.45, 7) is 10.8. The van der Waals surface area contributed by atoms with Crippen LogP contribution in [0.5, 0.6) is 0 Å². The van der Waals surface area contributed by atoms with E-state index in [0.717, 1.165) is 43.5 Å². The van der Waals surface area contributed by atoms with E-state index in [2.05, 4.69) is 58.5 Å². The predicted molar refractivity (Wildman–Crippen MR) is 135 cm³/mol. The summed E-state index contributed by atoms with van der Waals surface area (Å²) in [5.41, 5.74) is 5.40. The van der Waals surface area contributed by atoms with Crippen molar-refractivity contribution in [3.05, 3.63) is 59.4 Å². The monoisotopic (exact) mass is 483 g/mol. The third kappa shape index (κ3) is 8.68. The first-order valence-electron chi connectivity index (χ1n) is 11.9. The van der Waals surface area contributed by atoms with Gasteiger partial charge in [0.05, 0.1) is 0 Å². The molecule has 0 atom stereocenters. The number of carbonyl (C=O) groups is 2. The topological polar surface area (TPSA) is 124 Å². The highest BCUT2D eigenvalue weighted by Crippen LogP contribution is 2.28. The Balaban J connectivity index is 0.000000655. The summed E-state index contributed by atoms with van der Waals surface area (Å²) >= 11 is 0. The number of rotatable bonds is 7. The van der Waals surface area contributed by atoms with Crippen LogP contribution in [0.25, 0.3) is 11.4 Å². The molecule has 0 spiro atoms. The van der Waals surface area contributed by atoms with E-state index in [9.17, 15) is 0 Å². The van der Waals surface area contributed by atoms with Crippen molar-refractivity contribution in [1.29, 1.82) is 0 Å². The maximum Gasteiger partial charge on any atom is 0.290 e. The van der Waals surface area contributed by atoms with Gasteiger partial charge in [0.1, 0.15) is 11.6 Å². The summed E-state index contributed by atoms with van der Waals surface area (Å²) in [7, 11) is 0. The Morgan fingerprint density at radius 1 is 1.09 bits per heavy atom. The van der Waals surface area contributed by atoms with Crippen molar-refractivity contribution >= 4 is 12.9 Å². The molecule has 1 fully saturated rings. The molecule has 0 amide bonds. The molecule has 190 valence electrons. The second-order valence-electron chi connectivity index (χ2n) is 8.85. The molecule has 1 aliphatic rings. The van der Waals surface area contributed by atoms with Crippen LogP contribution in [0.3, 0.4) is 0 Å². The third-order valence-electron chi connectivity index (χ3n) is 6.25. The summed E-state index contributed by atoms with van der Waals surface area (Å²) < 4.78 is 2.29. The summed E-state index contributed by atoms with van der Waals surface area (Å²) in [5, 5.41) is 13.8. The zero-order valence-electron chi connectivity index (χ0n) is 20.9. The molecule has 3 aromatic rings. The minimum Gasteiger partial charge on any atom is -0.483 e. The molecule has 35 heavy (non-hydrogen) atoms. The number of piperidine rings is 1. The van der Waals surface area contributed by atoms with Crippen LogP contribution in [0.1, 0.15) is 48.7 Å². The van der Waals surface area contributed by atoms with Crippen LogP contribution in [0.2, 0.25) is 0 Å². The van der Waals surface area contributed by atoms with E-state index in [0.29, 0.717) is 0 Å². The van der Waals surface area contributed by atoms with Gasteiger partial charge in [-0.05, 0) is 69.3 Å². The molecule has 9 nitrogen and oxygen atoms in total. The van der Waals surface area contributed by atoms with Gasteiger partial charge in [-0.1, -0.05) is 18.6 Å². The number of carboxylic acid groups (broad SMARTS) is 2. The second kappa shape index (κ2) is 14.7. The lowest BCUT2D eigenvalue weighted by Gasteiger charge is -2.31. The van der Waals surface area contributed by atoms with Gasteiger partial charge in [0.25, 0.3) is 12.9 Å². The Morgan fingerprint density at radius 3 is 2.40 bits per heavy atom. The molecule has 1 saturated heterocycles. The number of aryl methyl sites for hydroxylation is 3. The minimum absolute atomic E-state index is 0.250. The molecule has 9 heteroatoms. The Kier molecular flexibility index (Phi) is 11.7. The van der Waals surface area contributed by atoms with E-state index in [1.54, 1.807) is 0 Å². The molecular weight excluding hydrogens is 446 g/mol. The van der Waals surface area contributed by atoms with E-state index in [4.69, 9.17) is 24.8 Å². The van der Waals surface area contributed by atoms with Gasteiger partial charge in [-0.2, -0.15) is 0 Å². The van der Waals surface area contributed by atoms with Crippen molar-refractivity contribution in [2.45, 2.75) is 59.5 Å². The van der Waals surface area contributed by atoms with Crippen molar-refractivity contribution in [3.8, 4) is 11.4 Å². The van der Waals surface area contributed by atoms with E-state index in [-0.39, 0.29) is 12.9 Å². The summed E-state index contributed by atoms with van der Waals surface area (Å²) in [6, 6.07) is 4.66. The zero-order chi connectivity index (χ0) is 25.6. The van der Waals surface area contributed by atoms with Crippen LogP contribution < -0.4 is 0 Å². The normalized spacial score (nSPS) is 13.8. The quantitative estimate of drug-likeness (QED) is 0.431. The molecule has 0 saturated carbocycles. The predicted octanol–water partition coefficient (Wildman–Crippen LogP) is 4.16. The Hall–Kier alpha value is -3.46. The minimum atomic E-state index is -0.250. The molecule has 1 aromatic carbocycles. The van der Waals surface area contributed by atoms with E-state index >= 15 is 0 Å². The Labute approximate surface area is 206 Å². The lowest BCUT2D eigenvalue weighted by atomic mass is 9.95. The lowest BCUT2D eigenvalue weighted by molar-refractivity contribution is -0.123. The summed E-state index contributed by atoms with van der Waals surface area (Å²) in [4.78, 5) is 31.6. The molecule has 0 bridgehead atoms. The van der Waals surface area contributed by atoms with Gasteiger partial charge in [-0.25, -0.2) is 9.97 Å². The molecule has 0 unspecified atom stereocenters. The van der Waals surface area contributed by atoms with Crippen molar-refractivity contribution in [1.82, 2.24) is 24.4 Å². The number of nitrogens with one attached hydrogen (secondary N) is 1. The molecular formula is C26H37N5O4. The first kappa shape index (κ1) is 27.8. The highest BCUT2D eigenvalue weighted by Gasteiger charge is 2.18. The second-order valence-corrected chi connectivity index (χ2v) is 8.85. The van der Waals surface area contributed by atoms with Crippen LogP contribution in [0, 0.1) is 19.8 Å². The first-order valence-corrected chi connectivity index (χ1v) is 11.9. The summed E-state index contributed by atoms with van der Waals surface area (Å²) in [6.07, 6.45) is 12.4. The van der Waals surface area contributed by atoms with Crippen LogP contribution in [0.4, 0.5) is 0 Å². The summed E-state index contributed by atoms with van der Waals surface area (Å²) in [5.74, 6) is 3.00. The van der Waals surface area contributed by atoms with Crippen LogP contribution in [-0.4, -0.2) is 60.7 Å². The highest BCUT2D eigenvalue weighted by molar-refractivity contribution is 5.64. The van der Waals surface area contributed by atoms with Crippen molar-refractivity contribution < 1.29 is 19.8 Å². The van der Waals surface area contributed by atoms with Gasteiger partial charge in [0, 0.05) is 49.9 Å². The molecule has 0 radical (unpaired) electrons. The van der Waals surface area contributed by atoms with Gasteiger partial charge < -0.3 is 19.8 Å². The molecule has 0 aliphatic carbocycles. The average Bonchev–Trinajstić information content (AvgIpc) is 3.51. The molecule has 1 aliphatic heterocycles. The third-order valence-corrected chi connectivity index (χ3v) is 6.25. The highest BCUT2D eigenvalue weighted by atomic mass is 16.3. The lowest BCUT2D eigenvalue weighted by Crippen LogP contribution is -2.32.